The minimum Gasteiger partial charge on any atom is -0.341 e. The number of carbonyl (C=O) groups excluding carboxylic acids is 1. The molecule has 4 rings (SSSR count). The summed E-state index contributed by atoms with van der Waals surface area (Å²) in [5.41, 5.74) is 4.10. The first-order valence-corrected chi connectivity index (χ1v) is 13.9. The Bertz CT molecular complexity index is 1130. The molecule has 0 N–H and O–H groups in total. The molecule has 38 heavy (non-hydrogen) atoms. The number of halogens is 2. The summed E-state index contributed by atoms with van der Waals surface area (Å²) in [4.78, 5) is 20.2. The number of nitrogens with zero attached hydrogens (tertiary/aromatic N) is 4. The standard InChI is InChI=1S/C31H40F2N4O/c1-4-5-29-22(2)16-23(18-34)17-30(29)31(38)35(3)19-25(24-6-8-26(32)9-7-24)10-13-36-20-28(21-36)37-14-11-27(33)12-15-37/h6-9,16-17,25,27-28H,4-5,10-15,19-21H2,1-3H3. The maximum atomic E-state index is 13.7. The zero-order valence-electron chi connectivity index (χ0n) is 22.9. The summed E-state index contributed by atoms with van der Waals surface area (Å²) in [6.07, 6.45) is 3.18. The van der Waals surface area contributed by atoms with E-state index in [0.717, 1.165) is 68.7 Å². The Labute approximate surface area is 226 Å². The summed E-state index contributed by atoms with van der Waals surface area (Å²) in [6.45, 7) is 9.12. The topological polar surface area (TPSA) is 50.6 Å². The molecular weight excluding hydrogens is 482 g/mol. The van der Waals surface area contributed by atoms with E-state index in [-0.39, 0.29) is 17.6 Å². The second kappa shape index (κ2) is 12.8. The van der Waals surface area contributed by atoms with E-state index in [4.69, 9.17) is 0 Å². The van der Waals surface area contributed by atoms with Crippen LogP contribution >= 0.6 is 0 Å². The van der Waals surface area contributed by atoms with Crippen molar-refractivity contribution >= 4 is 5.91 Å². The van der Waals surface area contributed by atoms with Gasteiger partial charge >= 0.3 is 0 Å². The Kier molecular flexibility index (Phi) is 9.51. The highest BCUT2D eigenvalue weighted by Gasteiger charge is 2.34. The Hall–Kier alpha value is -2.82. The van der Waals surface area contributed by atoms with Gasteiger partial charge in [0, 0.05) is 57.3 Å². The molecule has 7 heteroatoms. The lowest BCUT2D eigenvalue weighted by atomic mass is 9.92. The summed E-state index contributed by atoms with van der Waals surface area (Å²) in [7, 11) is 1.82. The van der Waals surface area contributed by atoms with Crippen LogP contribution in [0, 0.1) is 24.1 Å². The van der Waals surface area contributed by atoms with Gasteiger partial charge in [0.25, 0.3) is 5.91 Å². The Morgan fingerprint density at radius 2 is 1.87 bits per heavy atom. The van der Waals surface area contributed by atoms with Crippen LogP contribution in [0.5, 0.6) is 0 Å². The molecular formula is C31H40F2N4O. The maximum Gasteiger partial charge on any atom is 0.253 e. The number of piperidine rings is 1. The Morgan fingerprint density at radius 1 is 1.18 bits per heavy atom. The van der Waals surface area contributed by atoms with Crippen molar-refractivity contribution in [3.63, 3.8) is 0 Å². The molecule has 1 unspecified atom stereocenters. The van der Waals surface area contributed by atoms with E-state index in [1.807, 2.05) is 32.2 Å². The van der Waals surface area contributed by atoms with Gasteiger partial charge in [0.05, 0.1) is 11.6 Å². The van der Waals surface area contributed by atoms with Crippen molar-refractivity contribution in [2.75, 3.05) is 46.3 Å². The summed E-state index contributed by atoms with van der Waals surface area (Å²) in [6, 6.07) is 12.9. The Morgan fingerprint density at radius 3 is 2.50 bits per heavy atom. The predicted octanol–water partition coefficient (Wildman–Crippen LogP) is 5.32. The molecule has 2 aliphatic heterocycles. The van der Waals surface area contributed by atoms with E-state index in [1.54, 1.807) is 11.0 Å². The summed E-state index contributed by atoms with van der Waals surface area (Å²) in [5, 5.41) is 9.48. The normalized spacial score (nSPS) is 18.1. The molecule has 5 nitrogen and oxygen atoms in total. The number of likely N-dealkylation sites (N-methyl/N-ethyl adjacent to an activating group) is 1. The average Bonchev–Trinajstić information content (AvgIpc) is 2.89. The lowest BCUT2D eigenvalue weighted by Crippen LogP contribution is -2.61. The number of aryl methyl sites for hydroxylation is 1. The quantitative estimate of drug-likeness (QED) is 0.424. The molecule has 1 amide bonds. The first kappa shape index (κ1) is 28.2. The Balaban J connectivity index is 1.43. The molecule has 0 saturated carbocycles. The van der Waals surface area contributed by atoms with Crippen LogP contribution in [0.4, 0.5) is 8.78 Å². The van der Waals surface area contributed by atoms with Gasteiger partial charge in [-0.1, -0.05) is 25.5 Å². The molecule has 2 aromatic rings. The molecule has 204 valence electrons. The third-order valence-corrected chi connectivity index (χ3v) is 8.22. The van der Waals surface area contributed by atoms with Crippen molar-refractivity contribution < 1.29 is 13.6 Å². The van der Waals surface area contributed by atoms with Crippen LogP contribution in [0.3, 0.4) is 0 Å². The highest BCUT2D eigenvalue weighted by atomic mass is 19.1. The van der Waals surface area contributed by atoms with E-state index in [2.05, 4.69) is 22.8 Å². The summed E-state index contributed by atoms with van der Waals surface area (Å²) < 4.78 is 27.2. The van der Waals surface area contributed by atoms with Crippen molar-refractivity contribution in [3.8, 4) is 6.07 Å². The van der Waals surface area contributed by atoms with Crippen molar-refractivity contribution in [2.45, 2.75) is 64.1 Å². The molecule has 2 fully saturated rings. The third kappa shape index (κ3) is 6.78. The average molecular weight is 523 g/mol. The van der Waals surface area contributed by atoms with Crippen molar-refractivity contribution in [1.29, 1.82) is 5.26 Å². The van der Waals surface area contributed by atoms with Crippen LogP contribution in [-0.4, -0.2) is 79.1 Å². The molecule has 2 saturated heterocycles. The molecule has 0 bridgehead atoms. The molecule has 1 atom stereocenters. The van der Waals surface area contributed by atoms with E-state index in [1.165, 1.54) is 12.1 Å². The number of hydrogen-bond donors (Lipinski definition) is 0. The fraction of sp³-hybridized carbons (Fsp3) is 0.548. The molecule has 2 aromatic carbocycles. The number of rotatable bonds is 10. The maximum absolute atomic E-state index is 13.7. The van der Waals surface area contributed by atoms with Gasteiger partial charge in [-0.25, -0.2) is 8.78 Å². The lowest BCUT2D eigenvalue weighted by molar-refractivity contribution is 0.00869. The highest BCUT2D eigenvalue weighted by Crippen LogP contribution is 2.27. The number of benzene rings is 2. The number of nitriles is 1. The largest absolute Gasteiger partial charge is 0.341 e. The fourth-order valence-electron chi connectivity index (χ4n) is 5.90. The van der Waals surface area contributed by atoms with Crippen LogP contribution in [0.15, 0.2) is 36.4 Å². The van der Waals surface area contributed by atoms with E-state index in [9.17, 15) is 18.8 Å². The lowest BCUT2D eigenvalue weighted by Gasteiger charge is -2.47. The zero-order chi connectivity index (χ0) is 27.2. The third-order valence-electron chi connectivity index (χ3n) is 8.22. The summed E-state index contributed by atoms with van der Waals surface area (Å²) in [5.74, 6) is -0.297. The van der Waals surface area contributed by atoms with E-state index >= 15 is 0 Å². The number of amides is 1. The van der Waals surface area contributed by atoms with Gasteiger partial charge in [0.2, 0.25) is 0 Å². The SMILES string of the molecule is CCCc1c(C)cc(C#N)cc1C(=O)N(C)CC(CCN1CC(N2CCC(F)CC2)C1)c1ccc(F)cc1. The van der Waals surface area contributed by atoms with Gasteiger partial charge in [0.15, 0.2) is 0 Å². The van der Waals surface area contributed by atoms with Gasteiger partial charge in [-0.3, -0.25) is 9.69 Å². The summed E-state index contributed by atoms with van der Waals surface area (Å²) >= 11 is 0. The van der Waals surface area contributed by atoms with Crippen LogP contribution in [-0.2, 0) is 6.42 Å². The smallest absolute Gasteiger partial charge is 0.253 e. The van der Waals surface area contributed by atoms with Crippen molar-refractivity contribution in [3.05, 3.63) is 70.0 Å². The number of hydrogen-bond acceptors (Lipinski definition) is 4. The minimum absolute atomic E-state index is 0.0563. The van der Waals surface area contributed by atoms with Crippen LogP contribution in [0.2, 0.25) is 0 Å². The van der Waals surface area contributed by atoms with Gasteiger partial charge in [-0.2, -0.15) is 5.26 Å². The van der Waals surface area contributed by atoms with Crippen LogP contribution in [0.25, 0.3) is 0 Å². The molecule has 2 aliphatic rings. The molecule has 0 spiro atoms. The molecule has 0 aromatic heterocycles. The second-order valence-electron chi connectivity index (χ2n) is 11.0. The number of carbonyl (C=O) groups is 1. The van der Waals surface area contributed by atoms with Crippen molar-refractivity contribution in [1.82, 2.24) is 14.7 Å². The monoisotopic (exact) mass is 522 g/mol. The number of likely N-dealkylation sites (tertiary alicyclic amines) is 2. The number of alkyl halides is 1. The van der Waals surface area contributed by atoms with Gasteiger partial charge in [-0.05, 0) is 80.1 Å². The first-order valence-electron chi connectivity index (χ1n) is 13.9. The van der Waals surface area contributed by atoms with Gasteiger partial charge in [0.1, 0.15) is 12.0 Å². The van der Waals surface area contributed by atoms with Gasteiger partial charge < -0.3 is 9.80 Å². The van der Waals surface area contributed by atoms with Crippen molar-refractivity contribution in [2.24, 2.45) is 0 Å². The predicted molar refractivity (Wildman–Crippen MR) is 147 cm³/mol. The van der Waals surface area contributed by atoms with Crippen LogP contribution in [0.1, 0.15) is 71.1 Å². The zero-order valence-corrected chi connectivity index (χ0v) is 22.9. The van der Waals surface area contributed by atoms with Gasteiger partial charge in [-0.15, -0.1) is 0 Å². The molecule has 2 heterocycles. The molecule has 0 aliphatic carbocycles. The highest BCUT2D eigenvalue weighted by molar-refractivity contribution is 5.96. The molecule has 0 radical (unpaired) electrons. The fourth-order valence-corrected chi connectivity index (χ4v) is 5.90. The van der Waals surface area contributed by atoms with E-state index in [0.29, 0.717) is 36.6 Å². The minimum atomic E-state index is -0.650. The first-order chi connectivity index (χ1) is 18.3. The van der Waals surface area contributed by atoms with Crippen LogP contribution < -0.4 is 0 Å². The second-order valence-corrected chi connectivity index (χ2v) is 11.0. The van der Waals surface area contributed by atoms with E-state index < -0.39 is 6.17 Å².